The third kappa shape index (κ3) is 2.49. The summed E-state index contributed by atoms with van der Waals surface area (Å²) >= 11 is 5.74. The fraction of sp³-hybridized carbons (Fsp3) is 0. The Bertz CT molecular complexity index is 758. The van der Waals surface area contributed by atoms with Crippen LogP contribution in [0.1, 0.15) is 21.5 Å². The van der Waals surface area contributed by atoms with Gasteiger partial charge >= 0.3 is 5.63 Å². The smallest absolute Gasteiger partial charge is 0.353 e. The third-order valence-corrected chi connectivity index (χ3v) is 2.63. The monoisotopic (exact) mass is 275 g/mol. The lowest BCUT2D eigenvalue weighted by molar-refractivity contribution is 0.103. The largest absolute Gasteiger partial charge is 0.507 e. The van der Waals surface area contributed by atoms with Crippen molar-refractivity contribution in [2.24, 2.45) is 0 Å². The molecular formula is C13H6ClNO4. The van der Waals surface area contributed by atoms with Crippen LogP contribution < -0.4 is 5.63 Å². The van der Waals surface area contributed by atoms with Crippen LogP contribution in [-0.2, 0) is 0 Å². The minimum absolute atomic E-state index is 0.0197. The number of aromatic hydroxyl groups is 1. The molecule has 0 amide bonds. The molecule has 2 aromatic rings. The average molecular weight is 276 g/mol. The molecule has 2 rings (SSSR count). The lowest BCUT2D eigenvalue weighted by atomic mass is 10.0. The van der Waals surface area contributed by atoms with Gasteiger partial charge in [-0.2, -0.15) is 5.26 Å². The number of rotatable bonds is 2. The Morgan fingerprint density at radius 2 is 2.11 bits per heavy atom. The normalized spacial score (nSPS) is 9.89. The quantitative estimate of drug-likeness (QED) is 0.848. The number of benzene rings is 1. The molecule has 0 spiro atoms. The highest BCUT2D eigenvalue weighted by molar-refractivity contribution is 6.31. The van der Waals surface area contributed by atoms with Gasteiger partial charge in [0.2, 0.25) is 0 Å². The number of carbonyl (C=O) groups is 1. The maximum Gasteiger partial charge on any atom is 0.353 e. The molecule has 0 saturated heterocycles. The molecule has 1 aromatic heterocycles. The van der Waals surface area contributed by atoms with Gasteiger partial charge in [-0.1, -0.05) is 11.6 Å². The van der Waals surface area contributed by atoms with Crippen molar-refractivity contribution in [2.45, 2.75) is 0 Å². The van der Waals surface area contributed by atoms with Gasteiger partial charge in [-0.25, -0.2) is 4.79 Å². The zero-order valence-corrected chi connectivity index (χ0v) is 10.1. The Kier molecular flexibility index (Phi) is 3.36. The van der Waals surface area contributed by atoms with Gasteiger partial charge in [0.15, 0.2) is 5.78 Å². The number of phenols is 1. The highest BCUT2D eigenvalue weighted by Crippen LogP contribution is 2.24. The Morgan fingerprint density at radius 3 is 2.79 bits per heavy atom. The van der Waals surface area contributed by atoms with Crippen LogP contribution in [0.15, 0.2) is 39.7 Å². The van der Waals surface area contributed by atoms with Crippen molar-refractivity contribution in [3.63, 3.8) is 0 Å². The van der Waals surface area contributed by atoms with E-state index in [-0.39, 0.29) is 27.5 Å². The maximum atomic E-state index is 12.1. The van der Waals surface area contributed by atoms with E-state index in [4.69, 9.17) is 16.9 Å². The van der Waals surface area contributed by atoms with Crippen LogP contribution in [0.25, 0.3) is 0 Å². The first-order valence-electron chi connectivity index (χ1n) is 5.09. The van der Waals surface area contributed by atoms with Crippen LogP contribution in [0, 0.1) is 11.3 Å². The van der Waals surface area contributed by atoms with Crippen molar-refractivity contribution in [1.82, 2.24) is 0 Å². The van der Waals surface area contributed by atoms with Gasteiger partial charge in [0.1, 0.15) is 23.6 Å². The molecule has 0 atom stereocenters. The topological polar surface area (TPSA) is 91.3 Å². The van der Waals surface area contributed by atoms with Crippen molar-refractivity contribution in [3.05, 3.63) is 62.7 Å². The lowest BCUT2D eigenvalue weighted by Gasteiger charge is -2.04. The van der Waals surface area contributed by atoms with Crippen LogP contribution in [0.5, 0.6) is 5.75 Å². The summed E-state index contributed by atoms with van der Waals surface area (Å²) in [6, 6.07) is 6.72. The van der Waals surface area contributed by atoms with Gasteiger partial charge in [-0.15, -0.1) is 0 Å². The van der Waals surface area contributed by atoms with Gasteiger partial charge in [0, 0.05) is 5.02 Å². The second-order valence-electron chi connectivity index (χ2n) is 3.64. The Labute approximate surface area is 112 Å². The van der Waals surface area contributed by atoms with Crippen LogP contribution in [0.4, 0.5) is 0 Å². The highest BCUT2D eigenvalue weighted by Gasteiger charge is 2.16. The second kappa shape index (κ2) is 4.96. The van der Waals surface area contributed by atoms with Gasteiger partial charge in [-0.05, 0) is 24.3 Å². The van der Waals surface area contributed by atoms with E-state index in [1.807, 2.05) is 0 Å². The minimum atomic E-state index is -0.825. The average Bonchev–Trinajstić information content (AvgIpc) is 2.41. The minimum Gasteiger partial charge on any atom is -0.507 e. The summed E-state index contributed by atoms with van der Waals surface area (Å²) in [6.45, 7) is 0. The van der Waals surface area contributed by atoms with Crippen LogP contribution >= 0.6 is 11.6 Å². The molecule has 1 N–H and O–H groups in total. The molecule has 0 aliphatic heterocycles. The number of ketones is 1. The zero-order chi connectivity index (χ0) is 14.0. The zero-order valence-electron chi connectivity index (χ0n) is 9.38. The first-order chi connectivity index (χ1) is 9.02. The van der Waals surface area contributed by atoms with Gasteiger partial charge in [0.05, 0.1) is 11.1 Å². The summed E-state index contributed by atoms with van der Waals surface area (Å²) in [5, 5.41) is 18.6. The molecule has 0 aliphatic rings. The Hall–Kier alpha value is -2.58. The second-order valence-corrected chi connectivity index (χ2v) is 4.08. The van der Waals surface area contributed by atoms with E-state index in [0.717, 1.165) is 12.3 Å². The van der Waals surface area contributed by atoms with Crippen molar-refractivity contribution in [3.8, 4) is 11.8 Å². The molecule has 0 aliphatic carbocycles. The van der Waals surface area contributed by atoms with E-state index in [9.17, 15) is 14.7 Å². The van der Waals surface area contributed by atoms with Gasteiger partial charge < -0.3 is 9.52 Å². The molecule has 1 aromatic carbocycles. The Morgan fingerprint density at radius 1 is 1.37 bits per heavy atom. The molecule has 0 fully saturated rings. The van der Waals surface area contributed by atoms with Crippen molar-refractivity contribution in [1.29, 1.82) is 5.26 Å². The van der Waals surface area contributed by atoms with Crippen LogP contribution in [0.3, 0.4) is 0 Å². The fourth-order valence-electron chi connectivity index (χ4n) is 1.47. The summed E-state index contributed by atoms with van der Waals surface area (Å²) in [4.78, 5) is 23.2. The van der Waals surface area contributed by atoms with Crippen LogP contribution in [-0.4, -0.2) is 10.9 Å². The summed E-state index contributed by atoms with van der Waals surface area (Å²) in [5.74, 6) is -0.848. The number of hydrogen-bond acceptors (Lipinski definition) is 5. The Balaban J connectivity index is 2.54. The van der Waals surface area contributed by atoms with E-state index < -0.39 is 11.4 Å². The molecule has 0 radical (unpaired) electrons. The number of hydrogen-bond donors (Lipinski definition) is 1. The third-order valence-electron chi connectivity index (χ3n) is 2.40. The standard InChI is InChI=1S/C13H6ClNO4/c14-9-1-2-11(16)10(4-9)12(17)8-3-7(5-15)13(18)19-6-8/h1-4,6,16H. The highest BCUT2D eigenvalue weighted by atomic mass is 35.5. The summed E-state index contributed by atoms with van der Waals surface area (Å²) in [5.41, 5.74) is -1.17. The number of halogens is 1. The van der Waals surface area contributed by atoms with E-state index >= 15 is 0 Å². The van der Waals surface area contributed by atoms with Crippen LogP contribution in [0.2, 0.25) is 5.02 Å². The molecule has 94 valence electrons. The van der Waals surface area contributed by atoms with E-state index in [1.165, 1.54) is 18.2 Å². The summed E-state index contributed by atoms with van der Waals surface area (Å²) in [6.07, 6.45) is 0.936. The molecule has 0 bridgehead atoms. The molecule has 19 heavy (non-hydrogen) atoms. The summed E-state index contributed by atoms with van der Waals surface area (Å²) in [7, 11) is 0. The molecule has 1 heterocycles. The molecule has 5 nitrogen and oxygen atoms in total. The molecule has 0 unspecified atom stereocenters. The van der Waals surface area contributed by atoms with Crippen molar-refractivity contribution < 1.29 is 14.3 Å². The lowest BCUT2D eigenvalue weighted by Crippen LogP contribution is -2.08. The first-order valence-corrected chi connectivity index (χ1v) is 5.47. The van der Waals surface area contributed by atoms with Crippen molar-refractivity contribution in [2.75, 3.05) is 0 Å². The summed E-state index contributed by atoms with van der Waals surface area (Å²) < 4.78 is 4.58. The first kappa shape index (κ1) is 12.9. The number of phenolic OH excluding ortho intramolecular Hbond substituents is 1. The number of nitriles is 1. The maximum absolute atomic E-state index is 12.1. The van der Waals surface area contributed by atoms with Crippen molar-refractivity contribution >= 4 is 17.4 Å². The fourth-order valence-corrected chi connectivity index (χ4v) is 1.64. The van der Waals surface area contributed by atoms with E-state index in [0.29, 0.717) is 0 Å². The molecule has 0 saturated carbocycles. The molecular weight excluding hydrogens is 270 g/mol. The molecule has 6 heteroatoms. The SMILES string of the molecule is N#Cc1cc(C(=O)c2cc(Cl)ccc2O)coc1=O. The van der Waals surface area contributed by atoms with Gasteiger partial charge in [0.25, 0.3) is 0 Å². The number of nitrogens with zero attached hydrogens (tertiary/aromatic N) is 1. The van der Waals surface area contributed by atoms with E-state index in [2.05, 4.69) is 4.42 Å². The van der Waals surface area contributed by atoms with Gasteiger partial charge in [-0.3, -0.25) is 4.79 Å². The number of carbonyl (C=O) groups excluding carboxylic acids is 1. The predicted octanol–water partition coefficient (Wildman–Crippen LogP) is 2.10. The van der Waals surface area contributed by atoms with E-state index in [1.54, 1.807) is 6.07 Å². The predicted molar refractivity (Wildman–Crippen MR) is 66.2 cm³/mol.